The van der Waals surface area contributed by atoms with Gasteiger partial charge in [0.25, 0.3) is 0 Å². The number of rotatable bonds is 4. The minimum atomic E-state index is -3.66. The maximum Gasteiger partial charge on any atom is 0.233 e. The number of nitrogens with one attached hydrogen (secondary N) is 2. The Bertz CT molecular complexity index is 589. The Kier molecular flexibility index (Phi) is 4.98. The van der Waals surface area contributed by atoms with Crippen molar-refractivity contribution in [3.8, 4) is 0 Å². The van der Waals surface area contributed by atoms with Crippen molar-refractivity contribution in [2.24, 2.45) is 5.92 Å². The average molecular weight is 369 g/mol. The fraction of sp³-hybridized carbons (Fsp3) is 0.500. The summed E-state index contributed by atoms with van der Waals surface area (Å²) in [6, 6.07) is 1.73. The lowest BCUT2D eigenvalue weighted by Gasteiger charge is -2.22. The van der Waals surface area contributed by atoms with Gasteiger partial charge in [0, 0.05) is 6.07 Å². The first kappa shape index (κ1) is 15.7. The van der Waals surface area contributed by atoms with Crippen molar-refractivity contribution in [2.45, 2.75) is 12.8 Å². The van der Waals surface area contributed by atoms with E-state index in [1.165, 1.54) is 0 Å². The molecule has 0 saturated carbocycles. The summed E-state index contributed by atoms with van der Waals surface area (Å²) in [5.74, 6) is -1.78. The van der Waals surface area contributed by atoms with Crippen molar-refractivity contribution in [3.05, 3.63) is 28.2 Å². The molecule has 1 aromatic carbocycles. The molecule has 4 nitrogen and oxygen atoms in total. The number of piperidine rings is 1. The Hall–Kier alpha value is -0.730. The highest BCUT2D eigenvalue weighted by molar-refractivity contribution is 9.10. The summed E-state index contributed by atoms with van der Waals surface area (Å²) >= 11 is 2.90. The van der Waals surface area contributed by atoms with Crippen LogP contribution < -0.4 is 10.0 Å². The van der Waals surface area contributed by atoms with Crippen molar-refractivity contribution < 1.29 is 17.2 Å². The van der Waals surface area contributed by atoms with E-state index in [4.69, 9.17) is 0 Å². The van der Waals surface area contributed by atoms with Crippen molar-refractivity contribution in [3.63, 3.8) is 0 Å². The van der Waals surface area contributed by atoms with Crippen molar-refractivity contribution in [1.82, 2.24) is 5.32 Å². The molecule has 20 heavy (non-hydrogen) atoms. The van der Waals surface area contributed by atoms with Crippen LogP contribution in [0, 0.1) is 17.6 Å². The Morgan fingerprint density at radius 1 is 1.35 bits per heavy atom. The highest BCUT2D eigenvalue weighted by atomic mass is 79.9. The van der Waals surface area contributed by atoms with Crippen LogP contribution in [0.5, 0.6) is 0 Å². The van der Waals surface area contributed by atoms with E-state index < -0.39 is 21.7 Å². The van der Waals surface area contributed by atoms with Crippen molar-refractivity contribution in [1.29, 1.82) is 0 Å². The first-order valence-electron chi connectivity index (χ1n) is 6.23. The maximum atomic E-state index is 13.5. The molecule has 1 heterocycles. The third kappa shape index (κ3) is 4.13. The van der Waals surface area contributed by atoms with Gasteiger partial charge in [-0.3, -0.25) is 4.72 Å². The van der Waals surface area contributed by atoms with Gasteiger partial charge >= 0.3 is 0 Å². The highest BCUT2D eigenvalue weighted by Crippen LogP contribution is 2.25. The first-order chi connectivity index (χ1) is 9.37. The zero-order chi connectivity index (χ0) is 14.8. The van der Waals surface area contributed by atoms with Crippen LogP contribution in [0.25, 0.3) is 0 Å². The summed E-state index contributed by atoms with van der Waals surface area (Å²) < 4.78 is 52.8. The van der Waals surface area contributed by atoms with E-state index in [9.17, 15) is 17.2 Å². The van der Waals surface area contributed by atoms with E-state index in [1.54, 1.807) is 0 Å². The predicted octanol–water partition coefficient (Wildman–Crippen LogP) is 2.47. The SMILES string of the molecule is O=S(=O)(CC1CCCNC1)Nc1cc(Br)c(F)cc1F. The third-order valence-corrected chi connectivity index (χ3v) is 5.18. The monoisotopic (exact) mass is 368 g/mol. The van der Waals surface area contributed by atoms with Gasteiger partial charge in [-0.15, -0.1) is 0 Å². The van der Waals surface area contributed by atoms with Gasteiger partial charge in [-0.25, -0.2) is 17.2 Å². The molecule has 1 unspecified atom stereocenters. The van der Waals surface area contributed by atoms with Crippen LogP contribution in [-0.4, -0.2) is 27.3 Å². The highest BCUT2D eigenvalue weighted by Gasteiger charge is 2.22. The summed E-state index contributed by atoms with van der Waals surface area (Å²) in [5, 5.41) is 3.13. The molecule has 112 valence electrons. The van der Waals surface area contributed by atoms with Crippen LogP contribution in [0.15, 0.2) is 16.6 Å². The second kappa shape index (κ2) is 6.36. The van der Waals surface area contributed by atoms with Gasteiger partial charge in [-0.1, -0.05) is 0 Å². The molecular formula is C12H15BrF2N2O2S. The lowest BCUT2D eigenvalue weighted by atomic mass is 10.0. The van der Waals surface area contributed by atoms with Crippen LogP contribution in [-0.2, 0) is 10.0 Å². The lowest BCUT2D eigenvalue weighted by Crippen LogP contribution is -2.35. The van der Waals surface area contributed by atoms with E-state index in [-0.39, 0.29) is 21.8 Å². The molecule has 0 aliphatic carbocycles. The zero-order valence-electron chi connectivity index (χ0n) is 10.6. The molecule has 0 bridgehead atoms. The standard InChI is InChI=1S/C12H15BrF2N2O2S/c13-9-4-12(11(15)5-10(9)14)17-20(18,19)7-8-2-1-3-16-6-8/h4-5,8,16-17H,1-3,6-7H2. The number of hydrogen-bond donors (Lipinski definition) is 2. The molecule has 2 N–H and O–H groups in total. The van der Waals surface area contributed by atoms with Gasteiger partial charge in [0.1, 0.15) is 11.6 Å². The molecular weight excluding hydrogens is 354 g/mol. The Labute approximate surface area is 125 Å². The van der Waals surface area contributed by atoms with Gasteiger partial charge in [-0.2, -0.15) is 0 Å². The normalized spacial score (nSPS) is 19.9. The molecule has 0 radical (unpaired) electrons. The molecule has 1 fully saturated rings. The molecule has 1 saturated heterocycles. The van der Waals surface area contributed by atoms with Gasteiger partial charge in [0.2, 0.25) is 10.0 Å². The van der Waals surface area contributed by atoms with E-state index in [2.05, 4.69) is 26.0 Å². The molecule has 0 aromatic heterocycles. The number of sulfonamides is 1. The largest absolute Gasteiger partial charge is 0.316 e. The second-order valence-electron chi connectivity index (χ2n) is 4.84. The minimum absolute atomic E-state index is 0.00759. The van der Waals surface area contributed by atoms with Crippen LogP contribution >= 0.6 is 15.9 Å². The van der Waals surface area contributed by atoms with Crippen LogP contribution in [0.1, 0.15) is 12.8 Å². The number of halogens is 3. The second-order valence-corrected chi connectivity index (χ2v) is 7.46. The molecule has 1 aliphatic rings. The summed E-state index contributed by atoms with van der Waals surface area (Å²) in [5.41, 5.74) is -0.248. The van der Waals surface area contributed by atoms with E-state index in [0.717, 1.165) is 25.5 Å². The molecule has 8 heteroatoms. The molecule has 0 amide bonds. The fourth-order valence-corrected chi connectivity index (χ4v) is 4.01. The van der Waals surface area contributed by atoms with Gasteiger partial charge in [-0.05, 0) is 53.8 Å². The maximum absolute atomic E-state index is 13.5. The molecule has 0 spiro atoms. The van der Waals surface area contributed by atoms with E-state index in [0.29, 0.717) is 12.6 Å². The molecule has 1 aliphatic heterocycles. The summed E-state index contributed by atoms with van der Waals surface area (Å²) in [7, 11) is -3.66. The van der Waals surface area contributed by atoms with Crippen LogP contribution in [0.2, 0.25) is 0 Å². The predicted molar refractivity (Wildman–Crippen MR) is 77.1 cm³/mol. The Morgan fingerprint density at radius 3 is 2.75 bits per heavy atom. The molecule has 1 aromatic rings. The van der Waals surface area contributed by atoms with Gasteiger partial charge in [0.05, 0.1) is 15.9 Å². The summed E-state index contributed by atoms with van der Waals surface area (Å²) in [4.78, 5) is 0. The summed E-state index contributed by atoms with van der Waals surface area (Å²) in [6.45, 7) is 1.53. The summed E-state index contributed by atoms with van der Waals surface area (Å²) in [6.07, 6.45) is 1.75. The lowest BCUT2D eigenvalue weighted by molar-refractivity contribution is 0.404. The van der Waals surface area contributed by atoms with E-state index in [1.807, 2.05) is 0 Å². The average Bonchev–Trinajstić information content (AvgIpc) is 2.36. The number of anilines is 1. The minimum Gasteiger partial charge on any atom is -0.316 e. The molecule has 2 rings (SSSR count). The number of hydrogen-bond acceptors (Lipinski definition) is 3. The molecule has 1 atom stereocenters. The van der Waals surface area contributed by atoms with E-state index >= 15 is 0 Å². The van der Waals surface area contributed by atoms with Crippen molar-refractivity contribution in [2.75, 3.05) is 23.6 Å². The van der Waals surface area contributed by atoms with Gasteiger partial charge < -0.3 is 5.32 Å². The fourth-order valence-electron chi connectivity index (χ4n) is 2.19. The Balaban J connectivity index is 2.09. The smallest absolute Gasteiger partial charge is 0.233 e. The Morgan fingerprint density at radius 2 is 2.10 bits per heavy atom. The van der Waals surface area contributed by atoms with Crippen molar-refractivity contribution >= 4 is 31.6 Å². The number of benzene rings is 1. The van der Waals surface area contributed by atoms with Crippen LogP contribution in [0.3, 0.4) is 0 Å². The quantitative estimate of drug-likeness (QED) is 0.802. The topological polar surface area (TPSA) is 58.2 Å². The van der Waals surface area contributed by atoms with Gasteiger partial charge in [0.15, 0.2) is 0 Å². The first-order valence-corrected chi connectivity index (χ1v) is 8.67. The zero-order valence-corrected chi connectivity index (χ0v) is 13.0. The third-order valence-electron chi connectivity index (χ3n) is 3.13. The van der Waals surface area contributed by atoms with Crippen LogP contribution in [0.4, 0.5) is 14.5 Å².